The summed E-state index contributed by atoms with van der Waals surface area (Å²) < 4.78 is 4.96. The normalized spacial score (nSPS) is 14.0. The van der Waals surface area contributed by atoms with E-state index in [1.54, 1.807) is 0 Å². The molecule has 0 saturated carbocycles. The summed E-state index contributed by atoms with van der Waals surface area (Å²) >= 11 is 0. The molecule has 2 unspecified atom stereocenters. The van der Waals surface area contributed by atoms with Crippen molar-refractivity contribution in [2.45, 2.75) is 116 Å². The predicted octanol–water partition coefficient (Wildman–Crippen LogP) is 8.85. The first kappa shape index (κ1) is 27.2. The Morgan fingerprint density at radius 2 is 1.34 bits per heavy atom. The Labute approximate surface area is 215 Å². The topological polar surface area (TPSA) is 8.81 Å². The van der Waals surface area contributed by atoms with Gasteiger partial charge in [-0.2, -0.15) is 0 Å². The standard InChI is InChI=1S/C33H49N2/c1-4-6-8-10-18-24-32(35-27-26-34(29-35)25-19-11-9-7-5-2)33(3,31-22-16-13-17-23-31)28-30-20-14-12-15-21-30/h12-17,20-23,26-27,29,32H,4-11,18-19,24-25,28H2,1-3H3/q+1. The number of unbranched alkanes of at least 4 members (excludes halogenated alkanes) is 8. The molecule has 0 N–H and O–H groups in total. The molecule has 190 valence electrons. The summed E-state index contributed by atoms with van der Waals surface area (Å²) in [5.41, 5.74) is 2.89. The number of imidazole rings is 1. The molecule has 3 aromatic rings. The van der Waals surface area contributed by atoms with Gasteiger partial charge in [-0.25, -0.2) is 9.13 Å². The summed E-state index contributed by atoms with van der Waals surface area (Å²) in [5.74, 6) is 0. The number of aromatic nitrogens is 2. The van der Waals surface area contributed by atoms with Crippen LogP contribution in [-0.2, 0) is 18.4 Å². The molecule has 1 heterocycles. The number of benzene rings is 2. The van der Waals surface area contributed by atoms with Crippen molar-refractivity contribution in [3.05, 3.63) is 90.5 Å². The summed E-state index contributed by atoms with van der Waals surface area (Å²) in [4.78, 5) is 0. The zero-order valence-electron chi connectivity index (χ0n) is 22.7. The summed E-state index contributed by atoms with van der Waals surface area (Å²) in [6, 6.07) is 22.8. The molecule has 0 aliphatic rings. The van der Waals surface area contributed by atoms with E-state index in [9.17, 15) is 0 Å². The van der Waals surface area contributed by atoms with Crippen molar-refractivity contribution in [1.82, 2.24) is 4.57 Å². The minimum Gasteiger partial charge on any atom is -0.237 e. The molecule has 0 aliphatic heterocycles. The monoisotopic (exact) mass is 473 g/mol. The van der Waals surface area contributed by atoms with Crippen LogP contribution in [0, 0.1) is 0 Å². The van der Waals surface area contributed by atoms with Crippen molar-refractivity contribution in [3.8, 4) is 0 Å². The van der Waals surface area contributed by atoms with Gasteiger partial charge in [0.1, 0.15) is 18.4 Å². The molecule has 0 amide bonds. The molecule has 2 atom stereocenters. The highest BCUT2D eigenvalue weighted by Gasteiger charge is 2.40. The maximum atomic E-state index is 2.54. The average molecular weight is 474 g/mol. The first-order valence-electron chi connectivity index (χ1n) is 14.3. The van der Waals surface area contributed by atoms with E-state index in [-0.39, 0.29) is 5.41 Å². The third kappa shape index (κ3) is 8.37. The van der Waals surface area contributed by atoms with Crippen LogP contribution in [0.15, 0.2) is 79.4 Å². The maximum Gasteiger partial charge on any atom is 0.244 e. The second kappa shape index (κ2) is 14.9. The number of hydrogen-bond acceptors (Lipinski definition) is 0. The number of nitrogens with zero attached hydrogens (tertiary/aromatic N) is 2. The molecule has 2 aromatic carbocycles. The zero-order chi connectivity index (χ0) is 24.8. The summed E-state index contributed by atoms with van der Waals surface area (Å²) in [7, 11) is 0. The quantitative estimate of drug-likeness (QED) is 0.137. The van der Waals surface area contributed by atoms with Crippen molar-refractivity contribution in [2.75, 3.05) is 0 Å². The van der Waals surface area contributed by atoms with Crippen LogP contribution < -0.4 is 4.57 Å². The Kier molecular flexibility index (Phi) is 11.6. The molecule has 0 aliphatic carbocycles. The van der Waals surface area contributed by atoms with Gasteiger partial charge in [-0.15, -0.1) is 0 Å². The number of aryl methyl sites for hydroxylation is 1. The minimum absolute atomic E-state index is 0.0192. The minimum atomic E-state index is 0.0192. The zero-order valence-corrected chi connectivity index (χ0v) is 22.7. The SMILES string of the molecule is CCCCCCCC(n1cc[n+](CCCCCCC)c1)C(C)(Cc1ccccc1)c1ccccc1. The van der Waals surface area contributed by atoms with Gasteiger partial charge in [-0.05, 0) is 43.2 Å². The fraction of sp³-hybridized carbons (Fsp3) is 0.545. The van der Waals surface area contributed by atoms with E-state index in [0.717, 1.165) is 13.0 Å². The van der Waals surface area contributed by atoms with Crippen LogP contribution in [0.4, 0.5) is 0 Å². The number of rotatable bonds is 17. The van der Waals surface area contributed by atoms with E-state index in [2.05, 4.69) is 109 Å². The molecule has 35 heavy (non-hydrogen) atoms. The first-order chi connectivity index (χ1) is 17.2. The van der Waals surface area contributed by atoms with Crippen LogP contribution in [0.25, 0.3) is 0 Å². The molecule has 0 radical (unpaired) electrons. The van der Waals surface area contributed by atoms with Crippen molar-refractivity contribution in [1.29, 1.82) is 0 Å². The molecule has 2 nitrogen and oxygen atoms in total. The van der Waals surface area contributed by atoms with E-state index in [4.69, 9.17) is 0 Å². The van der Waals surface area contributed by atoms with Gasteiger partial charge in [0.2, 0.25) is 6.33 Å². The molecule has 0 saturated heterocycles. The largest absolute Gasteiger partial charge is 0.244 e. The van der Waals surface area contributed by atoms with E-state index >= 15 is 0 Å². The van der Waals surface area contributed by atoms with Gasteiger partial charge < -0.3 is 0 Å². The Balaban J connectivity index is 1.86. The summed E-state index contributed by atoms with van der Waals surface area (Å²) in [6.07, 6.45) is 22.6. The summed E-state index contributed by atoms with van der Waals surface area (Å²) in [5, 5.41) is 0. The lowest BCUT2D eigenvalue weighted by molar-refractivity contribution is -0.697. The molecule has 0 fully saturated rings. The molecule has 3 rings (SSSR count). The predicted molar refractivity (Wildman–Crippen MR) is 150 cm³/mol. The van der Waals surface area contributed by atoms with Crippen LogP contribution in [0.5, 0.6) is 0 Å². The van der Waals surface area contributed by atoms with E-state index in [1.807, 2.05) is 0 Å². The molecule has 1 aromatic heterocycles. The van der Waals surface area contributed by atoms with Crippen LogP contribution in [-0.4, -0.2) is 4.57 Å². The van der Waals surface area contributed by atoms with Crippen molar-refractivity contribution in [3.63, 3.8) is 0 Å². The third-order valence-electron chi connectivity index (χ3n) is 7.76. The first-order valence-corrected chi connectivity index (χ1v) is 14.3. The lowest BCUT2D eigenvalue weighted by Crippen LogP contribution is -2.38. The fourth-order valence-corrected chi connectivity index (χ4v) is 5.61. The molecular formula is C33H49N2+. The van der Waals surface area contributed by atoms with Crippen molar-refractivity contribution < 1.29 is 4.57 Å². The van der Waals surface area contributed by atoms with Crippen LogP contribution in [0.1, 0.15) is 109 Å². The van der Waals surface area contributed by atoms with E-state index in [0.29, 0.717) is 6.04 Å². The van der Waals surface area contributed by atoms with E-state index < -0.39 is 0 Å². The van der Waals surface area contributed by atoms with Gasteiger partial charge >= 0.3 is 0 Å². The molecule has 0 spiro atoms. The average Bonchev–Trinajstić information content (AvgIpc) is 3.35. The smallest absolute Gasteiger partial charge is 0.237 e. The van der Waals surface area contributed by atoms with Crippen LogP contribution >= 0.6 is 0 Å². The highest BCUT2D eigenvalue weighted by molar-refractivity contribution is 5.30. The van der Waals surface area contributed by atoms with Gasteiger partial charge in [0.25, 0.3) is 0 Å². The lowest BCUT2D eigenvalue weighted by Gasteiger charge is -2.37. The van der Waals surface area contributed by atoms with Crippen LogP contribution in [0.3, 0.4) is 0 Å². The van der Waals surface area contributed by atoms with Gasteiger partial charge in [-0.3, -0.25) is 0 Å². The van der Waals surface area contributed by atoms with Gasteiger partial charge in [0.05, 0.1) is 6.54 Å². The molecular weight excluding hydrogens is 424 g/mol. The fourth-order valence-electron chi connectivity index (χ4n) is 5.61. The van der Waals surface area contributed by atoms with Gasteiger partial charge in [-0.1, -0.05) is 126 Å². The Hall–Kier alpha value is -2.35. The summed E-state index contributed by atoms with van der Waals surface area (Å²) in [6.45, 7) is 8.22. The lowest BCUT2D eigenvalue weighted by atomic mass is 9.70. The van der Waals surface area contributed by atoms with E-state index in [1.165, 1.54) is 81.8 Å². The Morgan fingerprint density at radius 3 is 2.00 bits per heavy atom. The van der Waals surface area contributed by atoms with Gasteiger partial charge in [0, 0.05) is 5.41 Å². The highest BCUT2D eigenvalue weighted by atomic mass is 15.1. The third-order valence-corrected chi connectivity index (χ3v) is 7.76. The second-order valence-electron chi connectivity index (χ2n) is 10.7. The second-order valence-corrected chi connectivity index (χ2v) is 10.7. The Morgan fingerprint density at radius 1 is 0.743 bits per heavy atom. The highest BCUT2D eigenvalue weighted by Crippen LogP contribution is 2.41. The molecule has 0 bridgehead atoms. The molecule has 2 heteroatoms. The maximum absolute atomic E-state index is 2.54. The van der Waals surface area contributed by atoms with Crippen LogP contribution in [0.2, 0.25) is 0 Å². The van der Waals surface area contributed by atoms with Gasteiger partial charge in [0.15, 0.2) is 0 Å². The van der Waals surface area contributed by atoms with Crippen molar-refractivity contribution in [2.24, 2.45) is 0 Å². The van der Waals surface area contributed by atoms with Crippen molar-refractivity contribution >= 4 is 0 Å². The number of hydrogen-bond donors (Lipinski definition) is 0. The Bertz CT molecular complexity index is 930.